The number of halogens is 2. The van der Waals surface area contributed by atoms with E-state index < -0.39 is 0 Å². The molecule has 0 aliphatic heterocycles. The van der Waals surface area contributed by atoms with Crippen LogP contribution in [0.25, 0.3) is 0 Å². The molecule has 1 amide bonds. The van der Waals surface area contributed by atoms with Crippen molar-refractivity contribution < 1.29 is 4.79 Å². The number of aromatic nitrogens is 2. The van der Waals surface area contributed by atoms with Crippen LogP contribution < -0.4 is 5.73 Å². The van der Waals surface area contributed by atoms with Gasteiger partial charge in [-0.1, -0.05) is 12.8 Å². The van der Waals surface area contributed by atoms with Crippen LogP contribution in [0, 0.1) is 0 Å². The van der Waals surface area contributed by atoms with E-state index in [1.807, 2.05) is 31.3 Å². The summed E-state index contributed by atoms with van der Waals surface area (Å²) in [5, 5.41) is 4.13. The van der Waals surface area contributed by atoms with Gasteiger partial charge in [-0.05, 0) is 26.3 Å². The third-order valence-corrected chi connectivity index (χ3v) is 3.21. The predicted octanol–water partition coefficient (Wildman–Crippen LogP) is 2.52. The first-order valence-corrected chi connectivity index (χ1v) is 7.12. The second-order valence-electron chi connectivity index (χ2n) is 4.88. The fraction of sp³-hybridized carbons (Fsp3) is 0.714. The number of carbonyl (C=O) groups is 1. The number of rotatable bonds is 9. The van der Waals surface area contributed by atoms with Crippen LogP contribution in [0.3, 0.4) is 0 Å². The van der Waals surface area contributed by atoms with Gasteiger partial charge in [0, 0.05) is 38.3 Å². The summed E-state index contributed by atoms with van der Waals surface area (Å²) >= 11 is 0. The number of hydrogen-bond donors (Lipinski definition) is 1. The van der Waals surface area contributed by atoms with Gasteiger partial charge >= 0.3 is 0 Å². The van der Waals surface area contributed by atoms with Gasteiger partial charge < -0.3 is 10.6 Å². The monoisotopic (exact) mass is 338 g/mol. The molecule has 5 nitrogen and oxygen atoms in total. The molecule has 7 heteroatoms. The molecule has 0 saturated carbocycles. The molecule has 2 N–H and O–H groups in total. The average molecular weight is 339 g/mol. The van der Waals surface area contributed by atoms with Gasteiger partial charge in [0.15, 0.2) is 0 Å². The Morgan fingerprint density at radius 1 is 1.29 bits per heavy atom. The van der Waals surface area contributed by atoms with Crippen LogP contribution in [-0.4, -0.2) is 33.7 Å². The fourth-order valence-electron chi connectivity index (χ4n) is 2.08. The summed E-state index contributed by atoms with van der Waals surface area (Å²) in [5.41, 5.74) is 6.53. The Morgan fingerprint density at radius 2 is 1.95 bits per heavy atom. The lowest BCUT2D eigenvalue weighted by Gasteiger charge is -2.20. The second-order valence-corrected chi connectivity index (χ2v) is 4.88. The maximum absolute atomic E-state index is 12.1. The number of nitrogens with zero attached hydrogens (tertiary/aromatic N) is 3. The number of amides is 1. The maximum atomic E-state index is 12.1. The summed E-state index contributed by atoms with van der Waals surface area (Å²) in [6.07, 6.45) is 8.64. The standard InChI is InChI=1S/C14H26N4O.2ClH/c1-3-18(12-13-10-16-17(2)11-13)14(19)8-6-4-5-7-9-15;;/h10-11H,3-9,12,15H2,1-2H3;2*1H. The summed E-state index contributed by atoms with van der Waals surface area (Å²) in [4.78, 5) is 14.0. The van der Waals surface area contributed by atoms with E-state index >= 15 is 0 Å². The van der Waals surface area contributed by atoms with E-state index in [-0.39, 0.29) is 30.7 Å². The SMILES string of the molecule is CCN(Cc1cnn(C)c1)C(=O)CCCCCCN.Cl.Cl. The highest BCUT2D eigenvalue weighted by Crippen LogP contribution is 2.08. The Labute approximate surface area is 140 Å². The molecular weight excluding hydrogens is 311 g/mol. The molecule has 0 aliphatic carbocycles. The van der Waals surface area contributed by atoms with Crippen molar-refractivity contribution in [2.45, 2.75) is 45.6 Å². The van der Waals surface area contributed by atoms with Crippen LogP contribution in [0.4, 0.5) is 0 Å². The van der Waals surface area contributed by atoms with Crippen molar-refractivity contribution in [3.05, 3.63) is 18.0 Å². The van der Waals surface area contributed by atoms with Gasteiger partial charge in [0.25, 0.3) is 0 Å². The van der Waals surface area contributed by atoms with E-state index in [9.17, 15) is 4.79 Å². The van der Waals surface area contributed by atoms with Gasteiger partial charge in [0.1, 0.15) is 0 Å². The first kappa shape index (κ1) is 22.5. The zero-order valence-corrected chi connectivity index (χ0v) is 14.6. The topological polar surface area (TPSA) is 64.2 Å². The van der Waals surface area contributed by atoms with E-state index in [1.54, 1.807) is 4.68 Å². The molecule has 0 bridgehead atoms. The number of unbranched alkanes of at least 4 members (excludes halogenated alkanes) is 3. The molecule has 21 heavy (non-hydrogen) atoms. The Kier molecular flexibility index (Phi) is 13.8. The molecule has 0 aromatic carbocycles. The summed E-state index contributed by atoms with van der Waals surface area (Å²) in [7, 11) is 1.89. The molecule has 1 rings (SSSR count). The van der Waals surface area contributed by atoms with Gasteiger partial charge in [0.2, 0.25) is 5.91 Å². The lowest BCUT2D eigenvalue weighted by atomic mass is 10.1. The summed E-state index contributed by atoms with van der Waals surface area (Å²) in [6.45, 7) is 4.17. The van der Waals surface area contributed by atoms with Gasteiger partial charge in [-0.15, -0.1) is 24.8 Å². The van der Waals surface area contributed by atoms with Gasteiger partial charge in [-0.2, -0.15) is 5.10 Å². The van der Waals surface area contributed by atoms with Crippen molar-refractivity contribution in [2.24, 2.45) is 12.8 Å². The minimum atomic E-state index is 0. The van der Waals surface area contributed by atoms with E-state index in [1.165, 1.54) is 0 Å². The van der Waals surface area contributed by atoms with E-state index in [2.05, 4.69) is 5.10 Å². The molecule has 1 heterocycles. The van der Waals surface area contributed by atoms with Crippen molar-refractivity contribution in [1.82, 2.24) is 14.7 Å². The van der Waals surface area contributed by atoms with E-state index in [0.717, 1.165) is 44.3 Å². The molecule has 0 spiro atoms. The Hall–Kier alpha value is -0.780. The molecule has 0 radical (unpaired) electrons. The normalized spacial score (nSPS) is 9.67. The van der Waals surface area contributed by atoms with Crippen LogP contribution in [0.5, 0.6) is 0 Å². The lowest BCUT2D eigenvalue weighted by Crippen LogP contribution is -2.29. The molecule has 1 aromatic heterocycles. The van der Waals surface area contributed by atoms with Crippen LogP contribution in [0.1, 0.15) is 44.6 Å². The Morgan fingerprint density at radius 3 is 2.48 bits per heavy atom. The summed E-state index contributed by atoms with van der Waals surface area (Å²) < 4.78 is 1.76. The molecule has 124 valence electrons. The highest BCUT2D eigenvalue weighted by atomic mass is 35.5. The Balaban J connectivity index is 0. The zero-order valence-electron chi connectivity index (χ0n) is 13.0. The van der Waals surface area contributed by atoms with Crippen molar-refractivity contribution in [3.8, 4) is 0 Å². The van der Waals surface area contributed by atoms with Crippen molar-refractivity contribution in [3.63, 3.8) is 0 Å². The van der Waals surface area contributed by atoms with E-state index in [0.29, 0.717) is 13.0 Å². The largest absolute Gasteiger partial charge is 0.339 e. The first-order valence-electron chi connectivity index (χ1n) is 7.12. The minimum Gasteiger partial charge on any atom is -0.339 e. The van der Waals surface area contributed by atoms with Crippen LogP contribution in [0.2, 0.25) is 0 Å². The zero-order chi connectivity index (χ0) is 14.1. The molecule has 0 unspecified atom stereocenters. The van der Waals surface area contributed by atoms with Crippen LogP contribution >= 0.6 is 24.8 Å². The Bertz CT molecular complexity index is 385. The highest BCUT2D eigenvalue weighted by molar-refractivity contribution is 5.85. The number of nitrogens with two attached hydrogens (primary N) is 1. The van der Waals surface area contributed by atoms with Crippen molar-refractivity contribution in [1.29, 1.82) is 0 Å². The fourth-order valence-corrected chi connectivity index (χ4v) is 2.08. The maximum Gasteiger partial charge on any atom is 0.222 e. The second kappa shape index (κ2) is 12.9. The van der Waals surface area contributed by atoms with Crippen LogP contribution in [-0.2, 0) is 18.4 Å². The third-order valence-electron chi connectivity index (χ3n) is 3.21. The average Bonchev–Trinajstić information content (AvgIpc) is 2.81. The van der Waals surface area contributed by atoms with Crippen molar-refractivity contribution >= 4 is 30.7 Å². The van der Waals surface area contributed by atoms with Crippen molar-refractivity contribution in [2.75, 3.05) is 13.1 Å². The molecule has 0 saturated heterocycles. The van der Waals surface area contributed by atoms with Crippen LogP contribution in [0.15, 0.2) is 12.4 Å². The number of aryl methyl sites for hydroxylation is 1. The molecule has 0 atom stereocenters. The van der Waals surface area contributed by atoms with E-state index in [4.69, 9.17) is 5.73 Å². The van der Waals surface area contributed by atoms with Gasteiger partial charge in [0.05, 0.1) is 6.20 Å². The predicted molar refractivity (Wildman–Crippen MR) is 90.9 cm³/mol. The quantitative estimate of drug-likeness (QED) is 0.703. The number of hydrogen-bond acceptors (Lipinski definition) is 3. The summed E-state index contributed by atoms with van der Waals surface area (Å²) in [5.74, 6) is 0.235. The summed E-state index contributed by atoms with van der Waals surface area (Å²) in [6, 6.07) is 0. The number of carbonyl (C=O) groups excluding carboxylic acids is 1. The molecule has 0 fully saturated rings. The molecule has 0 aliphatic rings. The molecule has 1 aromatic rings. The van der Waals surface area contributed by atoms with Gasteiger partial charge in [-0.3, -0.25) is 9.48 Å². The minimum absolute atomic E-state index is 0. The highest BCUT2D eigenvalue weighted by Gasteiger charge is 2.12. The first-order chi connectivity index (χ1) is 9.17. The lowest BCUT2D eigenvalue weighted by molar-refractivity contribution is -0.131. The third kappa shape index (κ3) is 8.96. The smallest absolute Gasteiger partial charge is 0.222 e. The molecular formula is C14H28Cl2N4O. The van der Waals surface area contributed by atoms with Gasteiger partial charge in [-0.25, -0.2) is 0 Å².